The van der Waals surface area contributed by atoms with Gasteiger partial charge < -0.3 is 15.0 Å². The second-order valence-electron chi connectivity index (χ2n) is 9.97. The fourth-order valence-electron chi connectivity index (χ4n) is 4.57. The highest BCUT2D eigenvalue weighted by molar-refractivity contribution is 7.92. The fourth-order valence-corrected chi connectivity index (χ4v) is 5.98. The molecule has 0 saturated heterocycles. The van der Waals surface area contributed by atoms with Gasteiger partial charge in [-0.1, -0.05) is 50.1 Å². The molecule has 226 valence electrons. The van der Waals surface area contributed by atoms with Crippen molar-refractivity contribution >= 4 is 27.5 Å². The number of carbonyl (C=O) groups excluding carboxylic acids is 2. The zero-order valence-corrected chi connectivity index (χ0v) is 25.5. The molecule has 1 N–H and O–H groups in total. The van der Waals surface area contributed by atoms with Gasteiger partial charge in [-0.05, 0) is 80.8 Å². The van der Waals surface area contributed by atoms with Crippen LogP contribution in [0.15, 0.2) is 77.7 Å². The fraction of sp³-hybridized carbons (Fsp3) is 0.375. The van der Waals surface area contributed by atoms with Gasteiger partial charge in [0.05, 0.1) is 17.2 Å². The van der Waals surface area contributed by atoms with E-state index in [2.05, 4.69) is 5.32 Å². The molecule has 0 bridgehead atoms. The van der Waals surface area contributed by atoms with E-state index in [1.54, 1.807) is 24.3 Å². The van der Waals surface area contributed by atoms with Crippen LogP contribution in [-0.4, -0.2) is 50.9 Å². The maximum atomic E-state index is 14.1. The normalized spacial score (nSPS) is 11.9. The van der Waals surface area contributed by atoms with Crippen LogP contribution in [0.5, 0.6) is 5.75 Å². The average Bonchev–Trinajstić information content (AvgIpc) is 2.96. The summed E-state index contributed by atoms with van der Waals surface area (Å²) in [4.78, 5) is 28.7. The molecule has 3 aromatic carbocycles. The highest BCUT2D eigenvalue weighted by Gasteiger charge is 2.33. The van der Waals surface area contributed by atoms with Crippen molar-refractivity contribution < 1.29 is 27.1 Å². The van der Waals surface area contributed by atoms with Gasteiger partial charge in [0.1, 0.15) is 24.2 Å². The second kappa shape index (κ2) is 15.3. The number of hydrogen-bond acceptors (Lipinski definition) is 5. The number of anilines is 1. The lowest BCUT2D eigenvalue weighted by atomic mass is 10.1. The molecule has 0 radical (unpaired) electrons. The molecule has 0 aromatic heterocycles. The Hall–Kier alpha value is -3.92. The molecule has 0 aliphatic rings. The summed E-state index contributed by atoms with van der Waals surface area (Å²) < 4.78 is 47.9. The number of halogens is 1. The molecule has 0 saturated carbocycles. The van der Waals surface area contributed by atoms with E-state index in [0.29, 0.717) is 25.3 Å². The molecule has 0 heterocycles. The van der Waals surface area contributed by atoms with E-state index in [0.717, 1.165) is 52.5 Å². The number of ether oxygens (including phenoxy) is 1. The van der Waals surface area contributed by atoms with Crippen molar-refractivity contribution in [2.45, 2.75) is 64.4 Å². The number of unbranched alkanes of at least 4 members (excludes halogenated alkanes) is 1. The Morgan fingerprint density at radius 1 is 0.976 bits per heavy atom. The molecule has 10 heteroatoms. The summed E-state index contributed by atoms with van der Waals surface area (Å²) in [7, 11) is -4.30. The number of nitrogens with zero attached hydrogens (tertiary/aromatic N) is 2. The summed E-state index contributed by atoms with van der Waals surface area (Å²) in [6.45, 7) is 8.08. The summed E-state index contributed by atoms with van der Waals surface area (Å²) >= 11 is 0. The molecule has 0 fully saturated rings. The predicted octanol–water partition coefficient (Wildman–Crippen LogP) is 5.45. The van der Waals surface area contributed by atoms with Crippen molar-refractivity contribution in [2.24, 2.45) is 0 Å². The third-order valence-corrected chi connectivity index (χ3v) is 8.56. The zero-order chi connectivity index (χ0) is 30.7. The highest BCUT2D eigenvalue weighted by Crippen LogP contribution is 2.27. The van der Waals surface area contributed by atoms with Gasteiger partial charge in [-0.25, -0.2) is 12.8 Å². The Morgan fingerprint density at radius 3 is 2.26 bits per heavy atom. The molecular weight excluding hydrogens is 557 g/mol. The lowest BCUT2D eigenvalue weighted by Gasteiger charge is -2.33. The first-order valence-corrected chi connectivity index (χ1v) is 15.7. The molecule has 8 nitrogen and oxygen atoms in total. The molecule has 0 aliphatic carbocycles. The monoisotopic (exact) mass is 597 g/mol. The van der Waals surface area contributed by atoms with E-state index in [1.165, 1.54) is 4.90 Å². The number of rotatable bonds is 15. The van der Waals surface area contributed by atoms with E-state index < -0.39 is 34.3 Å². The SMILES string of the molecule is CCCCNC(=O)[C@H](CC)N(Cc1cccc(C)c1)C(=O)CN(c1ccc(OCC)cc1)S(=O)(=O)c1ccc(F)cc1. The Labute approximate surface area is 248 Å². The molecule has 0 spiro atoms. The second-order valence-corrected chi connectivity index (χ2v) is 11.8. The Kier molecular flexibility index (Phi) is 11.9. The molecule has 42 heavy (non-hydrogen) atoms. The van der Waals surface area contributed by atoms with Crippen LogP contribution in [0.4, 0.5) is 10.1 Å². The van der Waals surface area contributed by atoms with Crippen LogP contribution >= 0.6 is 0 Å². The first-order chi connectivity index (χ1) is 20.1. The van der Waals surface area contributed by atoms with Gasteiger partial charge in [0.2, 0.25) is 11.8 Å². The van der Waals surface area contributed by atoms with Gasteiger partial charge >= 0.3 is 0 Å². The van der Waals surface area contributed by atoms with Gasteiger partial charge in [0.15, 0.2) is 0 Å². The molecular formula is C32H40FN3O5S. The lowest BCUT2D eigenvalue weighted by Crippen LogP contribution is -2.52. The summed E-state index contributed by atoms with van der Waals surface area (Å²) in [5, 5.41) is 2.92. The molecule has 1 atom stereocenters. The maximum Gasteiger partial charge on any atom is 0.264 e. The Morgan fingerprint density at radius 2 is 1.67 bits per heavy atom. The number of amides is 2. The van der Waals surface area contributed by atoms with Gasteiger partial charge in [-0.2, -0.15) is 0 Å². The minimum atomic E-state index is -4.30. The number of nitrogens with one attached hydrogen (secondary N) is 1. The maximum absolute atomic E-state index is 14.1. The number of benzene rings is 3. The highest BCUT2D eigenvalue weighted by atomic mass is 32.2. The summed E-state index contributed by atoms with van der Waals surface area (Å²) in [5.74, 6) is -0.876. The van der Waals surface area contributed by atoms with E-state index >= 15 is 0 Å². The van der Waals surface area contributed by atoms with Crippen molar-refractivity contribution in [3.8, 4) is 5.75 Å². The number of aryl methyl sites for hydroxylation is 1. The lowest BCUT2D eigenvalue weighted by molar-refractivity contribution is -0.140. The number of sulfonamides is 1. The first-order valence-electron chi connectivity index (χ1n) is 14.2. The van der Waals surface area contributed by atoms with Crippen LogP contribution in [0, 0.1) is 12.7 Å². The molecule has 3 rings (SSSR count). The smallest absolute Gasteiger partial charge is 0.264 e. The van der Waals surface area contributed by atoms with Crippen molar-refractivity contribution in [1.29, 1.82) is 0 Å². The van der Waals surface area contributed by atoms with Crippen LogP contribution in [0.1, 0.15) is 51.2 Å². The minimum Gasteiger partial charge on any atom is -0.494 e. The van der Waals surface area contributed by atoms with E-state index in [-0.39, 0.29) is 23.0 Å². The van der Waals surface area contributed by atoms with E-state index in [1.807, 2.05) is 52.0 Å². The van der Waals surface area contributed by atoms with Gasteiger partial charge in [-0.15, -0.1) is 0 Å². The molecule has 3 aromatic rings. The largest absolute Gasteiger partial charge is 0.494 e. The number of carbonyl (C=O) groups is 2. The predicted molar refractivity (Wildman–Crippen MR) is 162 cm³/mol. The van der Waals surface area contributed by atoms with E-state index in [9.17, 15) is 22.4 Å². The topological polar surface area (TPSA) is 96.0 Å². The van der Waals surface area contributed by atoms with Crippen molar-refractivity contribution in [3.63, 3.8) is 0 Å². The summed E-state index contributed by atoms with van der Waals surface area (Å²) in [5.41, 5.74) is 2.04. The average molecular weight is 598 g/mol. The van der Waals surface area contributed by atoms with Gasteiger partial charge in [0.25, 0.3) is 10.0 Å². The van der Waals surface area contributed by atoms with Crippen LogP contribution < -0.4 is 14.4 Å². The van der Waals surface area contributed by atoms with Crippen molar-refractivity contribution in [1.82, 2.24) is 10.2 Å². The molecule has 0 aliphatic heterocycles. The van der Waals surface area contributed by atoms with Crippen molar-refractivity contribution in [3.05, 3.63) is 89.7 Å². The quantitative estimate of drug-likeness (QED) is 0.235. The van der Waals surface area contributed by atoms with Crippen LogP contribution in [0.25, 0.3) is 0 Å². The zero-order valence-electron chi connectivity index (χ0n) is 24.7. The van der Waals surface area contributed by atoms with Gasteiger partial charge in [-0.3, -0.25) is 13.9 Å². The van der Waals surface area contributed by atoms with E-state index in [4.69, 9.17) is 4.74 Å². The van der Waals surface area contributed by atoms with Crippen LogP contribution in [0.2, 0.25) is 0 Å². The Balaban J connectivity index is 2.04. The number of hydrogen-bond donors (Lipinski definition) is 1. The third-order valence-electron chi connectivity index (χ3n) is 6.77. The van der Waals surface area contributed by atoms with Crippen LogP contribution in [0.3, 0.4) is 0 Å². The molecule has 0 unspecified atom stereocenters. The standard InChI is InChI=1S/C32H40FN3O5S/c1-5-8-20-34-32(38)30(6-2)35(22-25-11-9-10-24(4)21-25)31(37)23-36(27-14-16-28(17-15-27)41-7-3)42(39,40)29-18-12-26(33)13-19-29/h9-19,21,30H,5-8,20,22-23H2,1-4H3,(H,34,38)/t30-/m0/s1. The van der Waals surface area contributed by atoms with Crippen molar-refractivity contribution in [2.75, 3.05) is 24.0 Å². The van der Waals surface area contributed by atoms with Gasteiger partial charge in [0, 0.05) is 13.1 Å². The van der Waals surface area contributed by atoms with Crippen LogP contribution in [-0.2, 0) is 26.2 Å². The Bertz CT molecular complexity index is 1430. The first kappa shape index (κ1) is 32.6. The summed E-state index contributed by atoms with van der Waals surface area (Å²) in [6, 6.07) is 17.6. The molecule has 2 amide bonds. The minimum absolute atomic E-state index is 0.119. The summed E-state index contributed by atoms with van der Waals surface area (Å²) in [6.07, 6.45) is 2.04. The third kappa shape index (κ3) is 8.55.